The monoisotopic (exact) mass is 294 g/mol. The van der Waals surface area contributed by atoms with Gasteiger partial charge in [-0.3, -0.25) is 0 Å². The van der Waals surface area contributed by atoms with Crippen molar-refractivity contribution in [1.29, 1.82) is 0 Å². The van der Waals surface area contributed by atoms with Crippen molar-refractivity contribution in [2.75, 3.05) is 24.5 Å². The number of nitrogens with zero attached hydrogens (tertiary/aromatic N) is 1. The van der Waals surface area contributed by atoms with Crippen molar-refractivity contribution in [3.05, 3.63) is 28.8 Å². The third-order valence-corrected chi connectivity index (χ3v) is 4.63. The van der Waals surface area contributed by atoms with Crippen LogP contribution in [0.2, 0.25) is 5.02 Å². The molecule has 1 aromatic rings. The van der Waals surface area contributed by atoms with Gasteiger partial charge in [-0.1, -0.05) is 37.4 Å². The van der Waals surface area contributed by atoms with E-state index < -0.39 is 0 Å². The van der Waals surface area contributed by atoms with Gasteiger partial charge in [-0.25, -0.2) is 0 Å². The summed E-state index contributed by atoms with van der Waals surface area (Å²) in [6.07, 6.45) is 7.53. The predicted octanol–water partition coefficient (Wildman–Crippen LogP) is 4.25. The van der Waals surface area contributed by atoms with E-state index in [0.29, 0.717) is 6.54 Å². The first-order valence-corrected chi connectivity index (χ1v) is 8.35. The van der Waals surface area contributed by atoms with Crippen molar-refractivity contribution in [3.63, 3.8) is 0 Å². The zero-order chi connectivity index (χ0) is 14.4. The lowest BCUT2D eigenvalue weighted by molar-refractivity contribution is 0.435. The lowest BCUT2D eigenvalue weighted by atomic mass is 9.96. The molecule has 0 aromatic heterocycles. The van der Waals surface area contributed by atoms with Gasteiger partial charge >= 0.3 is 0 Å². The minimum atomic E-state index is 0.679. The second-order valence-electron chi connectivity index (χ2n) is 5.90. The number of hydrogen-bond acceptors (Lipinski definition) is 2. The van der Waals surface area contributed by atoms with Crippen molar-refractivity contribution in [1.82, 2.24) is 0 Å². The molecule has 20 heavy (non-hydrogen) atoms. The van der Waals surface area contributed by atoms with Crippen molar-refractivity contribution in [2.45, 2.75) is 45.4 Å². The lowest BCUT2D eigenvalue weighted by Crippen LogP contribution is -2.24. The normalized spacial score (nSPS) is 19.9. The van der Waals surface area contributed by atoms with Gasteiger partial charge in [-0.2, -0.15) is 0 Å². The molecule has 0 amide bonds. The molecule has 2 rings (SSSR count). The SMILES string of the molecule is CCCC1CCCN(c2ccc(CCN)cc2Cl)CC1. The molecule has 1 heterocycles. The molecule has 1 atom stereocenters. The number of anilines is 1. The van der Waals surface area contributed by atoms with Gasteiger partial charge in [0.05, 0.1) is 10.7 Å². The van der Waals surface area contributed by atoms with Crippen LogP contribution >= 0.6 is 11.6 Å². The van der Waals surface area contributed by atoms with Crippen LogP contribution in [-0.2, 0) is 6.42 Å². The zero-order valence-electron chi connectivity index (χ0n) is 12.6. The predicted molar refractivity (Wildman–Crippen MR) is 88.7 cm³/mol. The minimum Gasteiger partial charge on any atom is -0.370 e. The Kier molecular flexibility index (Phi) is 6.18. The van der Waals surface area contributed by atoms with Crippen molar-refractivity contribution in [2.24, 2.45) is 11.7 Å². The molecular formula is C17H27ClN2. The standard InChI is InChI=1S/C17H27ClN2/c1-2-4-14-5-3-11-20(12-9-14)17-7-6-15(8-10-19)13-16(17)18/h6-7,13-14H,2-5,8-12,19H2,1H3. The molecule has 1 unspecified atom stereocenters. The van der Waals surface area contributed by atoms with Gasteiger partial charge in [-0.05, 0) is 55.8 Å². The zero-order valence-corrected chi connectivity index (χ0v) is 13.3. The molecule has 0 aliphatic carbocycles. The van der Waals surface area contributed by atoms with E-state index in [1.165, 1.54) is 43.4 Å². The lowest BCUT2D eigenvalue weighted by Gasteiger charge is -2.24. The average molecular weight is 295 g/mol. The molecule has 1 saturated heterocycles. The summed E-state index contributed by atoms with van der Waals surface area (Å²) in [4.78, 5) is 2.46. The smallest absolute Gasteiger partial charge is 0.0642 e. The Balaban J connectivity index is 2.03. The molecule has 1 aliphatic rings. The molecule has 0 bridgehead atoms. The Labute approximate surface area is 128 Å². The van der Waals surface area contributed by atoms with Crippen LogP contribution in [0, 0.1) is 5.92 Å². The minimum absolute atomic E-state index is 0.679. The van der Waals surface area contributed by atoms with E-state index in [1.54, 1.807) is 0 Å². The second-order valence-corrected chi connectivity index (χ2v) is 6.30. The van der Waals surface area contributed by atoms with Gasteiger partial charge in [0.25, 0.3) is 0 Å². The number of nitrogens with two attached hydrogens (primary N) is 1. The maximum atomic E-state index is 6.47. The third-order valence-electron chi connectivity index (χ3n) is 4.33. The molecule has 0 saturated carbocycles. The fourth-order valence-corrected chi connectivity index (χ4v) is 3.55. The van der Waals surface area contributed by atoms with Gasteiger partial charge in [-0.15, -0.1) is 0 Å². The fourth-order valence-electron chi connectivity index (χ4n) is 3.23. The molecule has 1 fully saturated rings. The van der Waals surface area contributed by atoms with Crippen LogP contribution in [0.5, 0.6) is 0 Å². The summed E-state index contributed by atoms with van der Waals surface area (Å²) >= 11 is 6.47. The molecular weight excluding hydrogens is 268 g/mol. The number of benzene rings is 1. The van der Waals surface area contributed by atoms with Crippen LogP contribution in [0.1, 0.15) is 44.6 Å². The van der Waals surface area contributed by atoms with E-state index in [-0.39, 0.29) is 0 Å². The van der Waals surface area contributed by atoms with Gasteiger partial charge in [0.1, 0.15) is 0 Å². The van der Waals surface area contributed by atoms with E-state index in [1.807, 2.05) is 0 Å². The maximum Gasteiger partial charge on any atom is 0.0642 e. The summed E-state index contributed by atoms with van der Waals surface area (Å²) in [5.41, 5.74) is 8.04. The quantitative estimate of drug-likeness (QED) is 0.880. The van der Waals surface area contributed by atoms with Gasteiger partial charge in [0.15, 0.2) is 0 Å². The number of halogens is 1. The van der Waals surface area contributed by atoms with E-state index in [2.05, 4.69) is 30.0 Å². The topological polar surface area (TPSA) is 29.3 Å². The van der Waals surface area contributed by atoms with E-state index >= 15 is 0 Å². The molecule has 3 heteroatoms. The summed E-state index contributed by atoms with van der Waals surface area (Å²) in [7, 11) is 0. The van der Waals surface area contributed by atoms with Crippen LogP contribution in [0.15, 0.2) is 18.2 Å². The van der Waals surface area contributed by atoms with Gasteiger partial charge in [0.2, 0.25) is 0 Å². The summed E-state index contributed by atoms with van der Waals surface area (Å²) in [5.74, 6) is 0.903. The fraction of sp³-hybridized carbons (Fsp3) is 0.647. The van der Waals surface area contributed by atoms with Gasteiger partial charge < -0.3 is 10.6 Å². The first-order chi connectivity index (χ1) is 9.74. The van der Waals surface area contributed by atoms with E-state index in [4.69, 9.17) is 17.3 Å². The molecule has 2 nitrogen and oxygen atoms in total. The Morgan fingerprint density at radius 1 is 1.30 bits per heavy atom. The highest BCUT2D eigenvalue weighted by atomic mass is 35.5. The number of hydrogen-bond donors (Lipinski definition) is 1. The highest BCUT2D eigenvalue weighted by Gasteiger charge is 2.18. The molecule has 1 aromatic carbocycles. The summed E-state index contributed by atoms with van der Waals surface area (Å²) in [6, 6.07) is 6.42. The molecule has 0 radical (unpaired) electrons. The Hall–Kier alpha value is -0.730. The maximum absolute atomic E-state index is 6.47. The third kappa shape index (κ3) is 4.13. The summed E-state index contributed by atoms with van der Waals surface area (Å²) < 4.78 is 0. The summed E-state index contributed by atoms with van der Waals surface area (Å²) in [6.45, 7) is 5.24. The van der Waals surface area contributed by atoms with Crippen LogP contribution in [-0.4, -0.2) is 19.6 Å². The Morgan fingerprint density at radius 3 is 2.85 bits per heavy atom. The van der Waals surface area contributed by atoms with Gasteiger partial charge in [0, 0.05) is 13.1 Å². The first kappa shape index (κ1) is 15.7. The van der Waals surface area contributed by atoms with Crippen molar-refractivity contribution in [3.8, 4) is 0 Å². The van der Waals surface area contributed by atoms with Crippen molar-refractivity contribution < 1.29 is 0 Å². The molecule has 112 valence electrons. The number of rotatable bonds is 5. The van der Waals surface area contributed by atoms with Crippen molar-refractivity contribution >= 4 is 17.3 Å². The molecule has 2 N–H and O–H groups in total. The highest BCUT2D eigenvalue weighted by Crippen LogP contribution is 2.31. The van der Waals surface area contributed by atoms with Crippen LogP contribution in [0.25, 0.3) is 0 Å². The highest BCUT2D eigenvalue weighted by molar-refractivity contribution is 6.33. The first-order valence-electron chi connectivity index (χ1n) is 7.98. The Bertz CT molecular complexity index is 419. The van der Waals surface area contributed by atoms with Crippen LogP contribution in [0.4, 0.5) is 5.69 Å². The Morgan fingerprint density at radius 2 is 2.15 bits per heavy atom. The average Bonchev–Trinajstić information content (AvgIpc) is 2.66. The van der Waals surface area contributed by atoms with Crippen LogP contribution < -0.4 is 10.6 Å². The largest absolute Gasteiger partial charge is 0.370 e. The second kappa shape index (κ2) is 7.90. The molecule has 1 aliphatic heterocycles. The summed E-state index contributed by atoms with van der Waals surface area (Å²) in [5, 5.41) is 0.880. The van der Waals surface area contributed by atoms with Crippen LogP contribution in [0.3, 0.4) is 0 Å². The van der Waals surface area contributed by atoms with E-state index in [9.17, 15) is 0 Å². The van der Waals surface area contributed by atoms with E-state index in [0.717, 1.165) is 30.5 Å². The molecule has 0 spiro atoms.